The monoisotopic (exact) mass is 424 g/mol. The van der Waals surface area contributed by atoms with Crippen molar-refractivity contribution < 1.29 is 17.3 Å². The number of hydrogen-bond donors (Lipinski definition) is 0. The third kappa shape index (κ3) is 22.4. The Morgan fingerprint density at radius 1 is 0.778 bits per heavy atom. The Bertz CT molecular complexity index is 399. The van der Waals surface area contributed by atoms with E-state index in [0.717, 1.165) is 17.8 Å². The Balaban J connectivity index is 3.26. The van der Waals surface area contributed by atoms with Crippen LogP contribution in [0.5, 0.6) is 0 Å². The summed E-state index contributed by atoms with van der Waals surface area (Å²) in [6.45, 7) is 2.39. The molecule has 1 unspecified atom stereocenters. The molecule has 0 fully saturated rings. The maximum atomic E-state index is 11.0. The lowest BCUT2D eigenvalue weighted by molar-refractivity contribution is 0.0777. The lowest BCUT2D eigenvalue weighted by atomic mass is 10.0. The van der Waals surface area contributed by atoms with E-state index in [4.69, 9.17) is 8.92 Å². The van der Waals surface area contributed by atoms with Gasteiger partial charge in [-0.25, -0.2) is 0 Å². The number of unbranched alkanes of at least 4 members (excludes halogenated alkanes) is 13. The van der Waals surface area contributed by atoms with Gasteiger partial charge >= 0.3 is 0 Å². The average molecular weight is 425 g/mol. The summed E-state index contributed by atoms with van der Waals surface area (Å²) in [4.78, 5) is 0. The van der Waals surface area contributed by atoms with Gasteiger partial charge in [-0.1, -0.05) is 90.4 Å². The third-order valence-corrected chi connectivity index (χ3v) is 6.50. The molecule has 0 aliphatic carbocycles. The van der Waals surface area contributed by atoms with Crippen LogP contribution in [-0.4, -0.2) is 46.0 Å². The maximum Gasteiger partial charge on any atom is 0.264 e. The molecule has 0 saturated heterocycles. The highest BCUT2D eigenvalue weighted by Crippen LogP contribution is 2.14. The summed E-state index contributed by atoms with van der Waals surface area (Å²) in [5.74, 6) is 1.89. The molecule has 164 valence electrons. The van der Waals surface area contributed by atoms with Gasteiger partial charge in [0.1, 0.15) is 0 Å². The summed E-state index contributed by atoms with van der Waals surface area (Å²) in [6.07, 6.45) is 20.2. The molecular weight excluding hydrogens is 380 g/mol. The third-order valence-electron chi connectivity index (χ3n) is 4.75. The van der Waals surface area contributed by atoms with E-state index in [9.17, 15) is 8.42 Å². The van der Waals surface area contributed by atoms with Gasteiger partial charge in [0.15, 0.2) is 0 Å². The molecule has 1 atom stereocenters. The zero-order valence-corrected chi connectivity index (χ0v) is 19.7. The Kier molecular flexibility index (Phi) is 19.7. The molecule has 0 radical (unpaired) electrons. The Labute approximate surface area is 173 Å². The lowest BCUT2D eigenvalue weighted by Gasteiger charge is -2.14. The molecule has 4 nitrogen and oxygen atoms in total. The fraction of sp³-hybridized carbons (Fsp3) is 1.00. The zero-order valence-electron chi connectivity index (χ0n) is 18.0. The van der Waals surface area contributed by atoms with Crippen molar-refractivity contribution in [3.63, 3.8) is 0 Å². The van der Waals surface area contributed by atoms with Gasteiger partial charge in [-0.15, -0.1) is 0 Å². The smallest absolute Gasteiger partial charge is 0.264 e. The van der Waals surface area contributed by atoms with Gasteiger partial charge in [-0.3, -0.25) is 4.18 Å². The second-order valence-corrected chi connectivity index (χ2v) is 10.3. The SMILES string of the molecule is CCCCCCCCCCCCCCCCSCC(COS(C)(=O)=O)OC. The van der Waals surface area contributed by atoms with Gasteiger partial charge in [0.2, 0.25) is 0 Å². The molecule has 0 aliphatic rings. The number of thioether (sulfide) groups is 1. The molecule has 0 rings (SSSR count). The topological polar surface area (TPSA) is 52.6 Å². The second-order valence-electron chi connectivity index (χ2n) is 7.52. The Morgan fingerprint density at radius 2 is 1.22 bits per heavy atom. The Hall–Kier alpha value is 0.220. The molecule has 0 spiro atoms. The highest BCUT2D eigenvalue weighted by Gasteiger charge is 2.11. The van der Waals surface area contributed by atoms with Crippen LogP contribution in [0.4, 0.5) is 0 Å². The van der Waals surface area contributed by atoms with Crippen LogP contribution >= 0.6 is 11.8 Å². The van der Waals surface area contributed by atoms with E-state index in [1.54, 1.807) is 7.11 Å². The van der Waals surface area contributed by atoms with Gasteiger partial charge in [-0.05, 0) is 12.2 Å². The summed E-state index contributed by atoms with van der Waals surface area (Å²) in [5, 5.41) is 0. The minimum atomic E-state index is -3.38. The van der Waals surface area contributed by atoms with E-state index in [1.165, 1.54) is 89.9 Å². The first-order chi connectivity index (χ1) is 13.0. The molecular formula is C21H44O4S2. The first kappa shape index (κ1) is 27.2. The standard InChI is InChI=1S/C21H44O4S2/c1-4-5-6-7-8-9-10-11-12-13-14-15-16-17-18-26-20-21(24-2)19-25-27(3,22)23/h21H,4-20H2,1-3H3. The number of rotatable bonds is 21. The highest BCUT2D eigenvalue weighted by atomic mass is 32.2. The van der Waals surface area contributed by atoms with Gasteiger partial charge < -0.3 is 4.74 Å². The van der Waals surface area contributed by atoms with Crippen molar-refractivity contribution in [1.29, 1.82) is 0 Å². The quantitative estimate of drug-likeness (QED) is 0.162. The van der Waals surface area contributed by atoms with E-state index in [1.807, 2.05) is 11.8 Å². The fourth-order valence-corrected chi connectivity index (χ4v) is 4.47. The minimum Gasteiger partial charge on any atom is -0.378 e. The molecule has 0 aromatic rings. The van der Waals surface area contributed by atoms with Crippen molar-refractivity contribution in [2.24, 2.45) is 0 Å². The van der Waals surface area contributed by atoms with Crippen molar-refractivity contribution in [2.45, 2.75) is 103 Å². The fourth-order valence-electron chi connectivity index (χ4n) is 3.00. The maximum absolute atomic E-state index is 11.0. The molecule has 0 bridgehead atoms. The first-order valence-corrected chi connectivity index (χ1v) is 13.9. The van der Waals surface area contributed by atoms with Crippen LogP contribution in [0.3, 0.4) is 0 Å². The summed E-state index contributed by atoms with van der Waals surface area (Å²) in [6, 6.07) is 0. The summed E-state index contributed by atoms with van der Waals surface area (Å²) in [7, 11) is -1.78. The molecule has 6 heteroatoms. The molecule has 0 aliphatic heterocycles. The minimum absolute atomic E-state index is 0.112. The normalized spacial score (nSPS) is 13.1. The largest absolute Gasteiger partial charge is 0.378 e. The Morgan fingerprint density at radius 3 is 1.63 bits per heavy atom. The molecule has 27 heavy (non-hydrogen) atoms. The van der Waals surface area contributed by atoms with Gasteiger partial charge in [0.05, 0.1) is 19.0 Å². The summed E-state index contributed by atoms with van der Waals surface area (Å²) >= 11 is 1.82. The predicted octanol–water partition coefficient (Wildman–Crippen LogP) is 6.19. The summed E-state index contributed by atoms with van der Waals surface area (Å²) in [5.41, 5.74) is 0. The summed E-state index contributed by atoms with van der Waals surface area (Å²) < 4.78 is 32.0. The molecule has 0 saturated carbocycles. The van der Waals surface area contributed by atoms with Crippen LogP contribution in [0.25, 0.3) is 0 Å². The lowest BCUT2D eigenvalue weighted by Crippen LogP contribution is -2.23. The zero-order chi connectivity index (χ0) is 20.2. The second kappa shape index (κ2) is 19.5. The van der Waals surface area contributed by atoms with Crippen molar-refractivity contribution in [3.8, 4) is 0 Å². The van der Waals surface area contributed by atoms with Crippen LogP contribution in [0.2, 0.25) is 0 Å². The van der Waals surface area contributed by atoms with Crippen LogP contribution in [0, 0.1) is 0 Å². The van der Waals surface area contributed by atoms with E-state index >= 15 is 0 Å². The van der Waals surface area contributed by atoms with E-state index in [2.05, 4.69) is 6.92 Å². The van der Waals surface area contributed by atoms with Crippen molar-refractivity contribution in [2.75, 3.05) is 31.5 Å². The van der Waals surface area contributed by atoms with Crippen molar-refractivity contribution in [3.05, 3.63) is 0 Å². The predicted molar refractivity (Wildman–Crippen MR) is 119 cm³/mol. The number of hydrogen-bond acceptors (Lipinski definition) is 5. The van der Waals surface area contributed by atoms with Crippen molar-refractivity contribution >= 4 is 21.9 Å². The molecule has 0 aromatic carbocycles. The van der Waals surface area contributed by atoms with Gasteiger partial charge in [-0.2, -0.15) is 20.2 Å². The van der Waals surface area contributed by atoms with Crippen LogP contribution < -0.4 is 0 Å². The van der Waals surface area contributed by atoms with E-state index < -0.39 is 10.1 Å². The average Bonchev–Trinajstić information content (AvgIpc) is 2.63. The first-order valence-electron chi connectivity index (χ1n) is 10.9. The van der Waals surface area contributed by atoms with Crippen LogP contribution in [0.1, 0.15) is 96.8 Å². The van der Waals surface area contributed by atoms with E-state index in [0.29, 0.717) is 0 Å². The molecule has 0 N–H and O–H groups in total. The molecule has 0 amide bonds. The van der Waals surface area contributed by atoms with E-state index in [-0.39, 0.29) is 12.7 Å². The van der Waals surface area contributed by atoms with Gasteiger partial charge in [0.25, 0.3) is 10.1 Å². The van der Waals surface area contributed by atoms with Crippen molar-refractivity contribution in [1.82, 2.24) is 0 Å². The van der Waals surface area contributed by atoms with Crippen LogP contribution in [0.15, 0.2) is 0 Å². The highest BCUT2D eigenvalue weighted by molar-refractivity contribution is 7.99. The number of methoxy groups -OCH3 is 1. The number of ether oxygens (including phenoxy) is 1. The van der Waals surface area contributed by atoms with Gasteiger partial charge in [0, 0.05) is 12.9 Å². The van der Waals surface area contributed by atoms with Crippen LogP contribution in [-0.2, 0) is 19.0 Å². The molecule has 0 aromatic heterocycles. The molecule has 0 heterocycles.